The topological polar surface area (TPSA) is 196 Å². The van der Waals surface area contributed by atoms with Crippen LogP contribution in [0.3, 0.4) is 0 Å². The molecule has 0 aliphatic heterocycles. The Bertz CT molecular complexity index is 564. The smallest absolute Gasteiger partial charge is 0.326 e. The van der Waals surface area contributed by atoms with Gasteiger partial charge in [-0.3, -0.25) is 14.4 Å². The zero-order valence-corrected chi connectivity index (χ0v) is 15.3. The molecule has 7 N–H and O–H groups in total. The Morgan fingerprint density at radius 1 is 0.815 bits per heavy atom. The van der Waals surface area contributed by atoms with Crippen LogP contribution in [0.2, 0.25) is 0 Å². The highest BCUT2D eigenvalue weighted by Crippen LogP contribution is 2.06. The lowest BCUT2D eigenvalue weighted by atomic mass is 10.1. The molecule has 0 radical (unpaired) electrons. The molecule has 11 heteroatoms. The van der Waals surface area contributed by atoms with Crippen LogP contribution < -0.4 is 16.4 Å². The van der Waals surface area contributed by atoms with Crippen molar-refractivity contribution in [2.45, 2.75) is 64.1 Å². The number of carbonyl (C=O) groups excluding carboxylic acids is 2. The second-order valence-corrected chi connectivity index (χ2v) is 6.43. The SMILES string of the molecule is CC(C)C(=O)N[C@@H](CCC(=O)N[C@H](CCC[C@H](N)C(=O)O)C(=O)O)C(=O)O. The summed E-state index contributed by atoms with van der Waals surface area (Å²) >= 11 is 0. The lowest BCUT2D eigenvalue weighted by Crippen LogP contribution is -2.45. The highest BCUT2D eigenvalue weighted by atomic mass is 16.4. The third-order valence-corrected chi connectivity index (χ3v) is 3.76. The van der Waals surface area contributed by atoms with Gasteiger partial charge in [0.25, 0.3) is 0 Å². The number of hydrogen-bond donors (Lipinski definition) is 6. The normalized spacial score (nSPS) is 14.1. The number of carboxylic acid groups (broad SMARTS) is 3. The van der Waals surface area contributed by atoms with E-state index in [2.05, 4.69) is 10.6 Å². The van der Waals surface area contributed by atoms with E-state index in [0.29, 0.717) is 0 Å². The van der Waals surface area contributed by atoms with Gasteiger partial charge in [0.05, 0.1) is 0 Å². The lowest BCUT2D eigenvalue weighted by molar-refractivity contribution is -0.143. The van der Waals surface area contributed by atoms with E-state index in [1.54, 1.807) is 13.8 Å². The molecule has 0 rings (SSSR count). The van der Waals surface area contributed by atoms with Gasteiger partial charge < -0.3 is 31.7 Å². The highest BCUT2D eigenvalue weighted by molar-refractivity contribution is 5.86. The van der Waals surface area contributed by atoms with E-state index in [1.165, 1.54) is 0 Å². The molecule has 0 aromatic carbocycles. The van der Waals surface area contributed by atoms with Gasteiger partial charge in [-0.25, -0.2) is 9.59 Å². The Labute approximate surface area is 156 Å². The van der Waals surface area contributed by atoms with Crippen molar-refractivity contribution in [3.8, 4) is 0 Å². The van der Waals surface area contributed by atoms with E-state index in [1.807, 2.05) is 0 Å². The van der Waals surface area contributed by atoms with Crippen molar-refractivity contribution < 1.29 is 39.3 Å². The Balaban J connectivity index is 4.54. The fourth-order valence-electron chi connectivity index (χ4n) is 2.06. The first kappa shape index (κ1) is 24.3. The maximum absolute atomic E-state index is 11.9. The summed E-state index contributed by atoms with van der Waals surface area (Å²) in [6, 6.07) is -3.62. The Kier molecular flexibility index (Phi) is 10.7. The van der Waals surface area contributed by atoms with Gasteiger partial charge in [0.1, 0.15) is 18.1 Å². The Morgan fingerprint density at radius 3 is 1.78 bits per heavy atom. The number of nitrogens with two attached hydrogens (primary N) is 1. The minimum absolute atomic E-state index is 0.0193. The largest absolute Gasteiger partial charge is 0.480 e. The molecular weight excluding hydrogens is 362 g/mol. The molecule has 0 fully saturated rings. The molecule has 0 saturated carbocycles. The average Bonchev–Trinajstić information content (AvgIpc) is 2.56. The zero-order chi connectivity index (χ0) is 21.1. The predicted octanol–water partition coefficient (Wildman–Crippen LogP) is -0.856. The molecular formula is C16H27N3O8. The molecule has 0 aromatic rings. The highest BCUT2D eigenvalue weighted by Gasteiger charge is 2.24. The summed E-state index contributed by atoms with van der Waals surface area (Å²) in [6.45, 7) is 3.18. The third kappa shape index (κ3) is 10.1. The quantitative estimate of drug-likeness (QED) is 0.232. The monoisotopic (exact) mass is 389 g/mol. The first-order valence-electron chi connectivity index (χ1n) is 8.49. The number of aliphatic carboxylic acids is 3. The van der Waals surface area contributed by atoms with E-state index in [0.717, 1.165) is 0 Å². The summed E-state index contributed by atoms with van der Waals surface area (Å²) in [6.07, 6.45) is -0.289. The van der Waals surface area contributed by atoms with Gasteiger partial charge in [-0.05, 0) is 25.7 Å². The van der Waals surface area contributed by atoms with Gasteiger partial charge >= 0.3 is 17.9 Å². The van der Waals surface area contributed by atoms with Crippen LogP contribution in [0.1, 0.15) is 46.0 Å². The van der Waals surface area contributed by atoms with Gasteiger partial charge in [-0.15, -0.1) is 0 Å². The summed E-state index contributed by atoms with van der Waals surface area (Å²) in [4.78, 5) is 56.5. The second-order valence-electron chi connectivity index (χ2n) is 6.43. The van der Waals surface area contributed by atoms with Crippen molar-refractivity contribution in [2.75, 3.05) is 0 Å². The maximum atomic E-state index is 11.9. The van der Waals surface area contributed by atoms with Crippen LogP contribution in [0.5, 0.6) is 0 Å². The maximum Gasteiger partial charge on any atom is 0.326 e. The van der Waals surface area contributed by atoms with Gasteiger partial charge in [0.15, 0.2) is 0 Å². The Hall–Kier alpha value is -2.69. The predicted molar refractivity (Wildman–Crippen MR) is 92.7 cm³/mol. The van der Waals surface area contributed by atoms with E-state index in [4.69, 9.17) is 21.1 Å². The molecule has 0 aliphatic rings. The molecule has 2 amide bonds. The van der Waals surface area contributed by atoms with E-state index in [-0.39, 0.29) is 32.1 Å². The third-order valence-electron chi connectivity index (χ3n) is 3.76. The molecule has 0 unspecified atom stereocenters. The van der Waals surface area contributed by atoms with Gasteiger partial charge in [-0.1, -0.05) is 13.8 Å². The van der Waals surface area contributed by atoms with Crippen LogP contribution in [0.4, 0.5) is 0 Å². The fourth-order valence-corrected chi connectivity index (χ4v) is 2.06. The molecule has 0 saturated heterocycles. The number of carboxylic acids is 3. The van der Waals surface area contributed by atoms with Crippen LogP contribution in [0, 0.1) is 5.92 Å². The van der Waals surface area contributed by atoms with Crippen molar-refractivity contribution >= 4 is 29.7 Å². The summed E-state index contributed by atoms with van der Waals surface area (Å²) in [5.74, 6) is -5.37. The van der Waals surface area contributed by atoms with Crippen molar-refractivity contribution in [2.24, 2.45) is 11.7 Å². The first-order valence-corrected chi connectivity index (χ1v) is 8.49. The fraction of sp³-hybridized carbons (Fsp3) is 0.688. The number of rotatable bonds is 13. The lowest BCUT2D eigenvalue weighted by Gasteiger charge is -2.18. The molecule has 0 bridgehead atoms. The van der Waals surface area contributed by atoms with Crippen molar-refractivity contribution in [3.05, 3.63) is 0 Å². The molecule has 0 aliphatic carbocycles. The molecule has 3 atom stereocenters. The number of nitrogens with one attached hydrogen (secondary N) is 2. The zero-order valence-electron chi connectivity index (χ0n) is 15.3. The van der Waals surface area contributed by atoms with Crippen molar-refractivity contribution in [3.63, 3.8) is 0 Å². The first-order chi connectivity index (χ1) is 12.5. The molecule has 154 valence electrons. The average molecular weight is 389 g/mol. The molecule has 0 heterocycles. The van der Waals surface area contributed by atoms with Gasteiger partial charge in [0.2, 0.25) is 11.8 Å². The van der Waals surface area contributed by atoms with E-state index >= 15 is 0 Å². The number of hydrogen-bond acceptors (Lipinski definition) is 6. The van der Waals surface area contributed by atoms with Gasteiger partial charge in [0, 0.05) is 12.3 Å². The van der Waals surface area contributed by atoms with Crippen molar-refractivity contribution in [1.82, 2.24) is 10.6 Å². The molecule has 0 aromatic heterocycles. The summed E-state index contributed by atoms with van der Waals surface area (Å²) in [5.41, 5.74) is 5.33. The van der Waals surface area contributed by atoms with Crippen molar-refractivity contribution in [1.29, 1.82) is 0 Å². The van der Waals surface area contributed by atoms with Crippen LogP contribution in [0.15, 0.2) is 0 Å². The van der Waals surface area contributed by atoms with Gasteiger partial charge in [-0.2, -0.15) is 0 Å². The van der Waals surface area contributed by atoms with E-state index in [9.17, 15) is 24.0 Å². The molecule has 27 heavy (non-hydrogen) atoms. The van der Waals surface area contributed by atoms with E-state index < -0.39 is 53.8 Å². The Morgan fingerprint density at radius 2 is 1.33 bits per heavy atom. The van der Waals surface area contributed by atoms with Crippen LogP contribution >= 0.6 is 0 Å². The molecule has 0 spiro atoms. The van der Waals surface area contributed by atoms with Crippen LogP contribution in [-0.4, -0.2) is 63.2 Å². The minimum Gasteiger partial charge on any atom is -0.480 e. The standard InChI is InChI=1S/C16H27N3O8/c1-8(2)13(21)19-11(16(26)27)6-7-12(20)18-10(15(24)25)5-3-4-9(17)14(22)23/h8-11H,3-7,17H2,1-2H3,(H,18,20)(H,19,21)(H,22,23)(H,24,25)(H,26,27)/t9-,10+,11-/m0/s1. The number of carbonyl (C=O) groups is 5. The summed E-state index contributed by atoms with van der Waals surface area (Å²) < 4.78 is 0. The second kappa shape index (κ2) is 11.8. The molecule has 11 nitrogen and oxygen atoms in total. The minimum atomic E-state index is -1.30. The summed E-state index contributed by atoms with van der Waals surface area (Å²) in [5, 5.41) is 31.5. The number of amides is 2. The van der Waals surface area contributed by atoms with Crippen LogP contribution in [-0.2, 0) is 24.0 Å². The van der Waals surface area contributed by atoms with Crippen LogP contribution in [0.25, 0.3) is 0 Å². The summed E-state index contributed by atoms with van der Waals surface area (Å²) in [7, 11) is 0.